The molecule has 1 amide bonds. The predicted molar refractivity (Wildman–Crippen MR) is 75.4 cm³/mol. The van der Waals surface area contributed by atoms with Crippen molar-refractivity contribution in [2.24, 2.45) is 0 Å². The molecule has 4 nitrogen and oxygen atoms in total. The fourth-order valence-corrected chi connectivity index (χ4v) is 2.12. The number of hydrogen-bond donors (Lipinski definition) is 1. The Hall–Kier alpha value is -2.10. The van der Waals surface area contributed by atoms with Crippen LogP contribution in [0.2, 0.25) is 0 Å². The fourth-order valence-electron chi connectivity index (χ4n) is 2.12. The lowest BCUT2D eigenvalue weighted by molar-refractivity contribution is -0.118. The van der Waals surface area contributed by atoms with Gasteiger partial charge < -0.3 is 10.1 Å². The second kappa shape index (κ2) is 5.69. The molecule has 0 saturated carbocycles. The van der Waals surface area contributed by atoms with Gasteiger partial charge in [-0.25, -0.2) is 0 Å². The van der Waals surface area contributed by atoms with Crippen LogP contribution in [0.1, 0.15) is 18.3 Å². The van der Waals surface area contributed by atoms with Crippen LogP contribution in [0.3, 0.4) is 0 Å². The maximum Gasteiger partial charge on any atom is 0.216 e. The minimum absolute atomic E-state index is 0.0189. The van der Waals surface area contributed by atoms with Crippen molar-refractivity contribution in [2.75, 3.05) is 13.7 Å². The number of carbonyl (C=O) groups is 1. The summed E-state index contributed by atoms with van der Waals surface area (Å²) >= 11 is 0. The lowest BCUT2D eigenvalue weighted by Crippen LogP contribution is -2.22. The number of benzene rings is 1. The molecule has 2 aromatic rings. The molecule has 1 aromatic carbocycles. The molecule has 0 fully saturated rings. The maximum atomic E-state index is 10.9. The van der Waals surface area contributed by atoms with Crippen molar-refractivity contribution in [1.82, 2.24) is 10.3 Å². The molecule has 0 saturated heterocycles. The summed E-state index contributed by atoms with van der Waals surface area (Å²) in [5.74, 6) is 0.800. The van der Waals surface area contributed by atoms with Gasteiger partial charge >= 0.3 is 0 Å². The third-order valence-electron chi connectivity index (χ3n) is 2.98. The lowest BCUT2D eigenvalue weighted by Gasteiger charge is -2.09. The Balaban J connectivity index is 2.36. The van der Waals surface area contributed by atoms with Gasteiger partial charge in [0, 0.05) is 31.0 Å². The third-order valence-corrected chi connectivity index (χ3v) is 2.98. The molecular formula is C15H18N2O2. The predicted octanol–water partition coefficient (Wildman–Crippen LogP) is 2.23. The number of nitrogens with zero attached hydrogens (tertiary/aromatic N) is 1. The third kappa shape index (κ3) is 3.22. The van der Waals surface area contributed by atoms with Gasteiger partial charge in [0.1, 0.15) is 5.75 Å². The monoisotopic (exact) mass is 258 g/mol. The number of fused-ring (bicyclic) bond motifs is 1. The number of hydrogen-bond acceptors (Lipinski definition) is 3. The van der Waals surface area contributed by atoms with Gasteiger partial charge in [0.2, 0.25) is 5.91 Å². The topological polar surface area (TPSA) is 51.2 Å². The smallest absolute Gasteiger partial charge is 0.216 e. The van der Waals surface area contributed by atoms with Crippen LogP contribution in [0.15, 0.2) is 24.3 Å². The van der Waals surface area contributed by atoms with Gasteiger partial charge in [-0.05, 0) is 30.5 Å². The van der Waals surface area contributed by atoms with E-state index in [2.05, 4.69) is 16.4 Å². The highest BCUT2D eigenvalue weighted by molar-refractivity contribution is 5.86. The largest absolute Gasteiger partial charge is 0.497 e. The van der Waals surface area contributed by atoms with Crippen LogP contribution in [0, 0.1) is 6.92 Å². The molecule has 0 bridgehead atoms. The first-order valence-electron chi connectivity index (χ1n) is 6.29. The van der Waals surface area contributed by atoms with Gasteiger partial charge in [-0.2, -0.15) is 0 Å². The van der Waals surface area contributed by atoms with Gasteiger partial charge in [-0.1, -0.05) is 6.07 Å². The second-order valence-corrected chi connectivity index (χ2v) is 4.53. The number of pyridine rings is 1. The first-order chi connectivity index (χ1) is 9.10. The van der Waals surface area contributed by atoms with E-state index in [-0.39, 0.29) is 5.91 Å². The van der Waals surface area contributed by atoms with Crippen molar-refractivity contribution < 1.29 is 9.53 Å². The zero-order valence-electron chi connectivity index (χ0n) is 11.5. The summed E-state index contributed by atoms with van der Waals surface area (Å²) in [6.45, 7) is 4.09. The van der Waals surface area contributed by atoms with E-state index in [1.165, 1.54) is 6.92 Å². The van der Waals surface area contributed by atoms with Crippen molar-refractivity contribution in [3.05, 3.63) is 35.7 Å². The Kier molecular flexibility index (Phi) is 4.00. The molecule has 1 heterocycles. The van der Waals surface area contributed by atoms with Crippen LogP contribution in [0.4, 0.5) is 0 Å². The van der Waals surface area contributed by atoms with E-state index in [9.17, 15) is 4.79 Å². The molecule has 0 aliphatic carbocycles. The maximum absolute atomic E-state index is 10.9. The summed E-state index contributed by atoms with van der Waals surface area (Å²) in [5, 5.41) is 5.02. The molecule has 1 N–H and O–H groups in total. The number of methoxy groups -OCH3 is 1. The summed E-state index contributed by atoms with van der Waals surface area (Å²) in [6.07, 6.45) is 0.713. The van der Waals surface area contributed by atoms with Gasteiger partial charge in [-0.15, -0.1) is 0 Å². The standard InChI is InChI=1S/C15H18N2O2/c1-10-8-12-4-5-13(19-3)9-14(12)15(17-10)6-7-16-11(2)18/h4-5,8-9H,6-7H2,1-3H3,(H,16,18). The van der Waals surface area contributed by atoms with Gasteiger partial charge in [-0.3, -0.25) is 9.78 Å². The van der Waals surface area contributed by atoms with Crippen LogP contribution >= 0.6 is 0 Å². The Labute approximate surface area is 112 Å². The van der Waals surface area contributed by atoms with Gasteiger partial charge in [0.25, 0.3) is 0 Å². The zero-order valence-corrected chi connectivity index (χ0v) is 11.5. The molecular weight excluding hydrogens is 240 g/mol. The van der Waals surface area contributed by atoms with E-state index in [0.717, 1.165) is 27.9 Å². The number of rotatable bonds is 4. The summed E-state index contributed by atoms with van der Waals surface area (Å²) < 4.78 is 5.25. The van der Waals surface area contributed by atoms with Crippen molar-refractivity contribution in [2.45, 2.75) is 20.3 Å². The second-order valence-electron chi connectivity index (χ2n) is 4.53. The van der Waals surface area contributed by atoms with Crippen LogP contribution in [-0.4, -0.2) is 24.5 Å². The number of aryl methyl sites for hydroxylation is 1. The molecule has 0 spiro atoms. The molecule has 2 rings (SSSR count). The Morgan fingerprint density at radius 2 is 2.16 bits per heavy atom. The fraction of sp³-hybridized carbons (Fsp3) is 0.333. The molecule has 0 atom stereocenters. The van der Waals surface area contributed by atoms with Gasteiger partial charge in [0.05, 0.1) is 12.8 Å². The average Bonchev–Trinajstić information content (AvgIpc) is 2.37. The van der Waals surface area contributed by atoms with E-state index in [0.29, 0.717) is 13.0 Å². The first kappa shape index (κ1) is 13.3. The van der Waals surface area contributed by atoms with Crippen LogP contribution in [0.5, 0.6) is 5.75 Å². The van der Waals surface area contributed by atoms with Gasteiger partial charge in [0.15, 0.2) is 0 Å². The molecule has 0 unspecified atom stereocenters. The van der Waals surface area contributed by atoms with Crippen molar-refractivity contribution >= 4 is 16.7 Å². The van der Waals surface area contributed by atoms with Crippen molar-refractivity contribution in [1.29, 1.82) is 0 Å². The highest BCUT2D eigenvalue weighted by atomic mass is 16.5. The molecule has 4 heteroatoms. The van der Waals surface area contributed by atoms with Crippen LogP contribution in [-0.2, 0) is 11.2 Å². The van der Waals surface area contributed by atoms with Crippen molar-refractivity contribution in [3.8, 4) is 5.75 Å². The molecule has 0 radical (unpaired) electrons. The van der Waals surface area contributed by atoms with E-state index < -0.39 is 0 Å². The van der Waals surface area contributed by atoms with Crippen molar-refractivity contribution in [3.63, 3.8) is 0 Å². The summed E-state index contributed by atoms with van der Waals surface area (Å²) in [5.41, 5.74) is 1.97. The van der Waals surface area contributed by atoms with E-state index in [1.54, 1.807) is 7.11 Å². The molecule has 1 aromatic heterocycles. The normalized spacial score (nSPS) is 10.5. The highest BCUT2D eigenvalue weighted by Gasteiger charge is 2.06. The molecule has 100 valence electrons. The van der Waals surface area contributed by atoms with E-state index in [1.807, 2.05) is 25.1 Å². The van der Waals surface area contributed by atoms with Crippen LogP contribution < -0.4 is 10.1 Å². The number of carbonyl (C=O) groups excluding carboxylic acids is 1. The minimum Gasteiger partial charge on any atom is -0.497 e. The lowest BCUT2D eigenvalue weighted by atomic mass is 10.1. The summed E-state index contributed by atoms with van der Waals surface area (Å²) in [7, 11) is 1.65. The Morgan fingerprint density at radius 1 is 1.37 bits per heavy atom. The number of nitrogens with one attached hydrogen (secondary N) is 1. The number of ether oxygens (including phenoxy) is 1. The van der Waals surface area contributed by atoms with E-state index >= 15 is 0 Å². The minimum atomic E-state index is -0.0189. The average molecular weight is 258 g/mol. The summed E-state index contributed by atoms with van der Waals surface area (Å²) in [4.78, 5) is 15.5. The Bertz CT molecular complexity index is 608. The SMILES string of the molecule is COc1ccc2cc(C)nc(CCNC(C)=O)c2c1. The first-order valence-corrected chi connectivity index (χ1v) is 6.29. The molecule has 19 heavy (non-hydrogen) atoms. The highest BCUT2D eigenvalue weighted by Crippen LogP contribution is 2.24. The Morgan fingerprint density at radius 3 is 2.84 bits per heavy atom. The summed E-state index contributed by atoms with van der Waals surface area (Å²) in [6, 6.07) is 8.02. The van der Waals surface area contributed by atoms with Crippen LogP contribution in [0.25, 0.3) is 10.8 Å². The van der Waals surface area contributed by atoms with E-state index in [4.69, 9.17) is 4.74 Å². The number of amides is 1. The molecule has 0 aliphatic heterocycles. The number of aromatic nitrogens is 1. The zero-order chi connectivity index (χ0) is 13.8. The molecule has 0 aliphatic rings. The quantitative estimate of drug-likeness (QED) is 0.915.